The van der Waals surface area contributed by atoms with Crippen LogP contribution in [0.2, 0.25) is 0 Å². The quantitative estimate of drug-likeness (QED) is 0.738. The molecule has 0 aromatic heterocycles. The lowest BCUT2D eigenvalue weighted by Gasteiger charge is -2.29. The highest BCUT2D eigenvalue weighted by Crippen LogP contribution is 2.24. The van der Waals surface area contributed by atoms with Crippen molar-refractivity contribution < 1.29 is 9.53 Å². The van der Waals surface area contributed by atoms with E-state index in [9.17, 15) is 4.79 Å². The number of carbonyl (C=O) groups excluding carboxylic acids is 1. The number of alkyl halides is 1. The van der Waals surface area contributed by atoms with Crippen molar-refractivity contribution in [1.82, 2.24) is 5.32 Å². The molecule has 0 aliphatic rings. The molecular formula is C14H19Br2NO2. The molecule has 0 aliphatic heterocycles. The summed E-state index contributed by atoms with van der Waals surface area (Å²) in [6.45, 7) is 4.13. The third-order valence-electron chi connectivity index (χ3n) is 3.26. The van der Waals surface area contributed by atoms with Crippen LogP contribution in [0.5, 0.6) is 5.75 Å². The van der Waals surface area contributed by atoms with Crippen LogP contribution in [-0.2, 0) is 0 Å². The molecule has 1 rings (SSSR count). The number of rotatable bonds is 6. The average Bonchev–Trinajstić information content (AvgIpc) is 2.39. The van der Waals surface area contributed by atoms with Crippen LogP contribution in [0.25, 0.3) is 0 Å². The monoisotopic (exact) mass is 391 g/mol. The minimum atomic E-state index is -0.205. The molecular weight excluding hydrogens is 374 g/mol. The summed E-state index contributed by atoms with van der Waals surface area (Å²) in [5, 5.41) is 3.96. The largest absolute Gasteiger partial charge is 0.497 e. The van der Waals surface area contributed by atoms with Crippen molar-refractivity contribution in [3.05, 3.63) is 28.2 Å². The molecule has 1 atom stereocenters. The minimum absolute atomic E-state index is 0.0870. The first-order valence-corrected chi connectivity index (χ1v) is 8.09. The number of nitrogens with one attached hydrogen (secondary N) is 1. The van der Waals surface area contributed by atoms with Gasteiger partial charge in [0.05, 0.1) is 12.7 Å². The number of amides is 1. The van der Waals surface area contributed by atoms with Crippen LogP contribution in [-0.4, -0.2) is 23.9 Å². The fourth-order valence-electron chi connectivity index (χ4n) is 1.68. The van der Waals surface area contributed by atoms with E-state index < -0.39 is 0 Å². The van der Waals surface area contributed by atoms with Crippen molar-refractivity contribution in [3.63, 3.8) is 0 Å². The second-order valence-corrected chi connectivity index (χ2v) is 6.30. The van der Waals surface area contributed by atoms with Crippen LogP contribution < -0.4 is 10.1 Å². The molecule has 0 saturated heterocycles. The van der Waals surface area contributed by atoms with Gasteiger partial charge in [-0.2, -0.15) is 0 Å². The van der Waals surface area contributed by atoms with Crippen molar-refractivity contribution in [2.24, 2.45) is 0 Å². The zero-order chi connectivity index (χ0) is 14.5. The SMILES string of the molecule is CCC(C)(CCBr)NC(=O)c1cc(OC)ccc1Br. The number of carbonyl (C=O) groups is 1. The topological polar surface area (TPSA) is 38.3 Å². The molecule has 0 aliphatic carbocycles. The number of hydrogen-bond acceptors (Lipinski definition) is 2. The van der Waals surface area contributed by atoms with E-state index in [2.05, 4.69) is 51.0 Å². The Balaban J connectivity index is 2.94. The van der Waals surface area contributed by atoms with Gasteiger partial charge in [-0.15, -0.1) is 0 Å². The van der Waals surface area contributed by atoms with Gasteiger partial charge in [0, 0.05) is 15.3 Å². The zero-order valence-corrected chi connectivity index (χ0v) is 14.6. The number of hydrogen-bond donors (Lipinski definition) is 1. The van der Waals surface area contributed by atoms with Gasteiger partial charge in [-0.1, -0.05) is 22.9 Å². The predicted molar refractivity (Wildman–Crippen MR) is 85.3 cm³/mol. The molecule has 1 unspecified atom stereocenters. The maximum atomic E-state index is 12.4. The molecule has 1 N–H and O–H groups in total. The predicted octanol–water partition coefficient (Wildman–Crippen LogP) is 4.14. The van der Waals surface area contributed by atoms with E-state index >= 15 is 0 Å². The second-order valence-electron chi connectivity index (χ2n) is 4.65. The summed E-state index contributed by atoms with van der Waals surface area (Å²) >= 11 is 6.83. The maximum Gasteiger partial charge on any atom is 0.252 e. The van der Waals surface area contributed by atoms with Gasteiger partial charge in [-0.25, -0.2) is 0 Å². The van der Waals surface area contributed by atoms with Gasteiger partial charge in [0.2, 0.25) is 0 Å². The van der Waals surface area contributed by atoms with Crippen molar-refractivity contribution in [3.8, 4) is 5.75 Å². The zero-order valence-electron chi connectivity index (χ0n) is 11.4. The highest BCUT2D eigenvalue weighted by atomic mass is 79.9. The first kappa shape index (κ1) is 16.5. The average molecular weight is 393 g/mol. The number of ether oxygens (including phenoxy) is 1. The Labute approximate surface area is 131 Å². The highest BCUT2D eigenvalue weighted by Gasteiger charge is 2.25. The van der Waals surface area contributed by atoms with E-state index in [1.54, 1.807) is 13.2 Å². The van der Waals surface area contributed by atoms with Crippen LogP contribution >= 0.6 is 31.9 Å². The molecule has 1 amide bonds. The molecule has 0 saturated carbocycles. The lowest BCUT2D eigenvalue weighted by atomic mass is 9.95. The maximum absolute atomic E-state index is 12.4. The minimum Gasteiger partial charge on any atom is -0.497 e. The lowest BCUT2D eigenvalue weighted by Crippen LogP contribution is -2.45. The smallest absolute Gasteiger partial charge is 0.252 e. The second kappa shape index (κ2) is 7.29. The van der Waals surface area contributed by atoms with Gasteiger partial charge in [0.25, 0.3) is 5.91 Å². The van der Waals surface area contributed by atoms with Crippen LogP contribution in [0.1, 0.15) is 37.0 Å². The summed E-state index contributed by atoms with van der Waals surface area (Å²) in [7, 11) is 1.59. The van der Waals surface area contributed by atoms with Crippen LogP contribution in [0.4, 0.5) is 0 Å². The molecule has 0 spiro atoms. The summed E-state index contributed by atoms with van der Waals surface area (Å²) < 4.78 is 5.92. The van der Waals surface area contributed by atoms with Gasteiger partial charge < -0.3 is 10.1 Å². The van der Waals surface area contributed by atoms with Crippen LogP contribution in [0.3, 0.4) is 0 Å². The number of halogens is 2. The Bertz CT molecular complexity index is 451. The fourth-order valence-corrected chi connectivity index (χ4v) is 2.98. The molecule has 0 heterocycles. The Kier molecular flexibility index (Phi) is 6.33. The summed E-state index contributed by atoms with van der Waals surface area (Å²) in [5.74, 6) is 0.586. The van der Waals surface area contributed by atoms with Crippen molar-refractivity contribution in [2.45, 2.75) is 32.2 Å². The van der Waals surface area contributed by atoms with Gasteiger partial charge >= 0.3 is 0 Å². The third kappa shape index (κ3) is 4.49. The van der Waals surface area contributed by atoms with Crippen molar-refractivity contribution in [1.29, 1.82) is 0 Å². The molecule has 0 bridgehead atoms. The summed E-state index contributed by atoms with van der Waals surface area (Å²) in [5.41, 5.74) is 0.386. The Morgan fingerprint density at radius 1 is 1.47 bits per heavy atom. The molecule has 0 fully saturated rings. The van der Waals surface area contributed by atoms with Crippen molar-refractivity contribution >= 4 is 37.8 Å². The third-order valence-corrected chi connectivity index (χ3v) is 4.35. The summed E-state index contributed by atoms with van der Waals surface area (Å²) in [4.78, 5) is 12.4. The Morgan fingerprint density at radius 2 is 2.16 bits per heavy atom. The van der Waals surface area contributed by atoms with Crippen LogP contribution in [0, 0.1) is 0 Å². The fraction of sp³-hybridized carbons (Fsp3) is 0.500. The number of methoxy groups -OCH3 is 1. The number of benzene rings is 1. The molecule has 1 aromatic carbocycles. The van der Waals surface area contributed by atoms with Gasteiger partial charge in [-0.3, -0.25) is 4.79 Å². The summed E-state index contributed by atoms with van der Waals surface area (Å²) in [6.07, 6.45) is 1.77. The molecule has 0 radical (unpaired) electrons. The molecule has 19 heavy (non-hydrogen) atoms. The van der Waals surface area contributed by atoms with E-state index in [-0.39, 0.29) is 11.4 Å². The van der Waals surface area contributed by atoms with E-state index in [4.69, 9.17) is 4.74 Å². The van der Waals surface area contributed by atoms with Crippen LogP contribution in [0.15, 0.2) is 22.7 Å². The normalized spacial score (nSPS) is 13.7. The summed E-state index contributed by atoms with van der Waals surface area (Å²) in [6, 6.07) is 5.38. The Hall–Kier alpha value is -0.550. The first-order chi connectivity index (χ1) is 8.95. The molecule has 1 aromatic rings. The molecule has 106 valence electrons. The highest BCUT2D eigenvalue weighted by molar-refractivity contribution is 9.10. The first-order valence-electron chi connectivity index (χ1n) is 6.17. The van der Waals surface area contributed by atoms with Gasteiger partial charge in [-0.05, 0) is 53.9 Å². The molecule has 3 nitrogen and oxygen atoms in total. The standard InChI is InChI=1S/C14H19Br2NO2/c1-4-14(2,7-8-15)17-13(18)11-9-10(19-3)5-6-12(11)16/h5-6,9H,4,7-8H2,1-3H3,(H,17,18). The van der Waals surface area contributed by atoms with E-state index in [1.165, 1.54) is 0 Å². The van der Waals surface area contributed by atoms with Crippen molar-refractivity contribution in [2.75, 3.05) is 12.4 Å². The van der Waals surface area contributed by atoms with Gasteiger partial charge in [0.1, 0.15) is 5.75 Å². The van der Waals surface area contributed by atoms with E-state index in [0.717, 1.165) is 22.6 Å². The van der Waals surface area contributed by atoms with E-state index in [1.807, 2.05) is 12.1 Å². The van der Waals surface area contributed by atoms with E-state index in [0.29, 0.717) is 11.3 Å². The van der Waals surface area contributed by atoms with Gasteiger partial charge in [0.15, 0.2) is 0 Å². The Morgan fingerprint density at radius 3 is 2.68 bits per heavy atom. The molecule has 5 heteroatoms. The lowest BCUT2D eigenvalue weighted by molar-refractivity contribution is 0.0900.